The van der Waals surface area contributed by atoms with Gasteiger partial charge in [-0.1, -0.05) is 0 Å². The minimum absolute atomic E-state index is 0.163. The Morgan fingerprint density at radius 2 is 1.86 bits per heavy atom. The van der Waals surface area contributed by atoms with Crippen LogP contribution in [0.1, 0.15) is 13.8 Å². The van der Waals surface area contributed by atoms with E-state index in [4.69, 9.17) is 10.5 Å². The third-order valence-corrected chi connectivity index (χ3v) is 4.88. The van der Waals surface area contributed by atoms with Gasteiger partial charge in [-0.25, -0.2) is 12.7 Å². The van der Waals surface area contributed by atoms with E-state index in [0.717, 1.165) is 0 Å². The molecule has 1 aromatic rings. The lowest BCUT2D eigenvalue weighted by Crippen LogP contribution is -2.26. The predicted molar refractivity (Wildman–Crippen MR) is 86.1 cm³/mol. The van der Waals surface area contributed by atoms with Gasteiger partial charge < -0.3 is 15.4 Å². The molecule has 0 radical (unpaired) electrons. The standard InChI is InChI=1S/C14H25N3O3S/c1-11(2)20-9-8-17(5)14-10-12(6-7-13(14)15)21(18,19)16(3)4/h6-7,10-11H,8-9,15H2,1-5H3. The number of nitrogens with zero attached hydrogens (tertiary/aromatic N) is 2. The largest absolute Gasteiger partial charge is 0.397 e. The lowest BCUT2D eigenvalue weighted by molar-refractivity contribution is 0.0846. The highest BCUT2D eigenvalue weighted by Crippen LogP contribution is 2.26. The topological polar surface area (TPSA) is 75.9 Å². The Labute approximate surface area is 127 Å². The Morgan fingerprint density at radius 1 is 1.24 bits per heavy atom. The monoisotopic (exact) mass is 315 g/mol. The first-order valence-corrected chi connectivity index (χ1v) is 8.25. The highest BCUT2D eigenvalue weighted by Gasteiger charge is 2.19. The molecule has 0 saturated carbocycles. The smallest absolute Gasteiger partial charge is 0.242 e. The van der Waals surface area contributed by atoms with Crippen LogP contribution in [0.5, 0.6) is 0 Å². The Kier molecular flexibility index (Phi) is 6.00. The average Bonchev–Trinajstić information content (AvgIpc) is 2.38. The van der Waals surface area contributed by atoms with Crippen LogP contribution in [0.15, 0.2) is 23.1 Å². The first kappa shape index (κ1) is 17.7. The summed E-state index contributed by atoms with van der Waals surface area (Å²) in [6, 6.07) is 4.73. The van der Waals surface area contributed by atoms with Gasteiger partial charge in [0, 0.05) is 27.7 Å². The summed E-state index contributed by atoms with van der Waals surface area (Å²) in [5, 5.41) is 0. The summed E-state index contributed by atoms with van der Waals surface area (Å²) in [6.45, 7) is 5.13. The third kappa shape index (κ3) is 4.59. The van der Waals surface area contributed by atoms with Crippen molar-refractivity contribution in [2.45, 2.75) is 24.8 Å². The summed E-state index contributed by atoms with van der Waals surface area (Å²) in [5.41, 5.74) is 7.18. The van der Waals surface area contributed by atoms with Gasteiger partial charge in [-0.3, -0.25) is 0 Å². The molecule has 0 aliphatic heterocycles. The van der Waals surface area contributed by atoms with E-state index in [9.17, 15) is 8.42 Å². The molecule has 0 amide bonds. The molecule has 0 aliphatic carbocycles. The molecule has 6 nitrogen and oxygen atoms in total. The molecule has 0 bridgehead atoms. The predicted octanol–water partition coefficient (Wildman–Crippen LogP) is 1.38. The van der Waals surface area contributed by atoms with Gasteiger partial charge in [-0.2, -0.15) is 0 Å². The number of hydrogen-bond donors (Lipinski definition) is 1. The van der Waals surface area contributed by atoms with Crippen LogP contribution in [0.4, 0.5) is 11.4 Å². The fourth-order valence-corrected chi connectivity index (χ4v) is 2.69. The number of anilines is 2. The van der Waals surface area contributed by atoms with Crippen molar-refractivity contribution in [1.29, 1.82) is 0 Å². The average molecular weight is 315 g/mol. The maximum atomic E-state index is 12.2. The molecule has 2 N–H and O–H groups in total. The van der Waals surface area contributed by atoms with Gasteiger partial charge >= 0.3 is 0 Å². The Hall–Kier alpha value is -1.31. The van der Waals surface area contributed by atoms with Crippen molar-refractivity contribution >= 4 is 21.4 Å². The van der Waals surface area contributed by atoms with Crippen LogP contribution < -0.4 is 10.6 Å². The van der Waals surface area contributed by atoms with Gasteiger partial charge in [0.1, 0.15) is 0 Å². The summed E-state index contributed by atoms with van der Waals surface area (Å²) >= 11 is 0. The van der Waals surface area contributed by atoms with Crippen molar-refractivity contribution < 1.29 is 13.2 Å². The Balaban J connectivity index is 2.97. The van der Waals surface area contributed by atoms with Crippen LogP contribution in [0.25, 0.3) is 0 Å². The molecular weight excluding hydrogens is 290 g/mol. The zero-order valence-corrected chi connectivity index (χ0v) is 14.1. The van der Waals surface area contributed by atoms with Crippen molar-refractivity contribution in [1.82, 2.24) is 4.31 Å². The SMILES string of the molecule is CC(C)OCCN(C)c1cc(S(=O)(=O)N(C)C)ccc1N. The van der Waals surface area contributed by atoms with E-state index in [0.29, 0.717) is 24.5 Å². The zero-order chi connectivity index (χ0) is 16.2. The fraction of sp³-hybridized carbons (Fsp3) is 0.571. The number of hydrogen-bond acceptors (Lipinski definition) is 5. The normalized spacial score (nSPS) is 12.1. The van der Waals surface area contributed by atoms with Gasteiger partial charge in [-0.05, 0) is 32.0 Å². The molecule has 0 spiro atoms. The Morgan fingerprint density at radius 3 is 2.38 bits per heavy atom. The van der Waals surface area contributed by atoms with Crippen molar-refractivity contribution in [3.63, 3.8) is 0 Å². The molecule has 1 rings (SSSR count). The summed E-state index contributed by atoms with van der Waals surface area (Å²) in [4.78, 5) is 2.13. The second-order valence-corrected chi connectivity index (χ2v) is 7.50. The molecule has 0 aromatic heterocycles. The van der Waals surface area contributed by atoms with E-state index in [2.05, 4.69) is 0 Å². The molecule has 0 saturated heterocycles. The van der Waals surface area contributed by atoms with E-state index in [-0.39, 0.29) is 11.0 Å². The number of sulfonamides is 1. The van der Waals surface area contributed by atoms with Crippen LogP contribution in [0.2, 0.25) is 0 Å². The highest BCUT2D eigenvalue weighted by molar-refractivity contribution is 7.89. The van der Waals surface area contributed by atoms with Crippen LogP contribution in [-0.4, -0.2) is 53.1 Å². The first-order chi connectivity index (χ1) is 9.66. The molecule has 0 atom stereocenters. The molecular formula is C14H25N3O3S. The first-order valence-electron chi connectivity index (χ1n) is 6.81. The fourth-order valence-electron chi connectivity index (χ4n) is 1.77. The minimum atomic E-state index is -3.46. The van der Waals surface area contributed by atoms with Crippen molar-refractivity contribution in [2.75, 3.05) is 44.9 Å². The molecule has 0 fully saturated rings. The van der Waals surface area contributed by atoms with Gasteiger partial charge in [-0.15, -0.1) is 0 Å². The summed E-state index contributed by atoms with van der Waals surface area (Å²) in [7, 11) is 1.41. The van der Waals surface area contributed by atoms with Crippen LogP contribution in [0, 0.1) is 0 Å². The number of nitrogens with two attached hydrogens (primary N) is 1. The second kappa shape index (κ2) is 7.11. The van der Waals surface area contributed by atoms with E-state index in [1.54, 1.807) is 12.1 Å². The molecule has 1 aromatic carbocycles. The summed E-state index contributed by atoms with van der Waals surface area (Å²) < 4.78 is 31.0. The number of nitrogen functional groups attached to an aromatic ring is 1. The zero-order valence-electron chi connectivity index (χ0n) is 13.3. The Bertz CT molecular complexity index is 571. The van der Waals surface area contributed by atoms with Crippen molar-refractivity contribution in [2.24, 2.45) is 0 Å². The van der Waals surface area contributed by atoms with Crippen molar-refractivity contribution in [3.8, 4) is 0 Å². The molecule has 0 aliphatic rings. The number of likely N-dealkylation sites (N-methyl/N-ethyl adjacent to an activating group) is 1. The van der Waals surface area contributed by atoms with Crippen molar-refractivity contribution in [3.05, 3.63) is 18.2 Å². The number of benzene rings is 1. The maximum Gasteiger partial charge on any atom is 0.242 e. The van der Waals surface area contributed by atoms with Crippen LogP contribution in [0.3, 0.4) is 0 Å². The molecule has 7 heteroatoms. The lowest BCUT2D eigenvalue weighted by Gasteiger charge is -2.23. The molecule has 0 heterocycles. The van der Waals surface area contributed by atoms with Crippen LogP contribution in [-0.2, 0) is 14.8 Å². The maximum absolute atomic E-state index is 12.2. The molecule has 21 heavy (non-hydrogen) atoms. The van der Waals surface area contributed by atoms with Gasteiger partial charge in [0.15, 0.2) is 0 Å². The second-order valence-electron chi connectivity index (χ2n) is 5.35. The molecule has 0 unspecified atom stereocenters. The summed E-state index contributed by atoms with van der Waals surface area (Å²) in [6.07, 6.45) is 0.163. The van der Waals surface area contributed by atoms with Crippen LogP contribution >= 0.6 is 0 Å². The van der Waals surface area contributed by atoms with Gasteiger partial charge in [0.05, 0.1) is 29.0 Å². The number of ether oxygens (including phenoxy) is 1. The summed E-state index contributed by atoms with van der Waals surface area (Å²) in [5.74, 6) is 0. The van der Waals surface area contributed by atoms with Gasteiger partial charge in [0.2, 0.25) is 10.0 Å². The molecule has 120 valence electrons. The lowest BCUT2D eigenvalue weighted by atomic mass is 10.2. The van der Waals surface area contributed by atoms with E-state index >= 15 is 0 Å². The number of rotatable bonds is 7. The minimum Gasteiger partial charge on any atom is -0.397 e. The van der Waals surface area contributed by atoms with E-state index < -0.39 is 10.0 Å². The van der Waals surface area contributed by atoms with Gasteiger partial charge in [0.25, 0.3) is 0 Å². The third-order valence-electron chi connectivity index (χ3n) is 3.07. The highest BCUT2D eigenvalue weighted by atomic mass is 32.2. The van der Waals surface area contributed by atoms with E-state index in [1.807, 2.05) is 25.8 Å². The quantitative estimate of drug-likeness (QED) is 0.769. The van der Waals surface area contributed by atoms with E-state index in [1.165, 1.54) is 24.5 Å².